The SMILES string of the molecule is CC1Cc2nc(NC(=O)C3CC3)cn2N=C1Oc1ccc(N)c(F)c1. The summed E-state index contributed by atoms with van der Waals surface area (Å²) in [7, 11) is 0. The number of carbonyl (C=O) groups is 1. The molecule has 2 aliphatic rings. The molecule has 0 saturated heterocycles. The van der Waals surface area contributed by atoms with E-state index in [1.54, 1.807) is 16.9 Å². The predicted octanol–water partition coefficient (Wildman–Crippen LogP) is 2.39. The lowest BCUT2D eigenvalue weighted by molar-refractivity contribution is -0.117. The van der Waals surface area contributed by atoms with Crippen LogP contribution in [0.4, 0.5) is 15.9 Å². The molecule has 0 bridgehead atoms. The molecule has 0 spiro atoms. The van der Waals surface area contributed by atoms with E-state index in [0.29, 0.717) is 23.9 Å². The van der Waals surface area contributed by atoms with E-state index in [9.17, 15) is 9.18 Å². The van der Waals surface area contributed by atoms with Gasteiger partial charge in [-0.05, 0) is 25.0 Å². The van der Waals surface area contributed by atoms with Crippen molar-refractivity contribution in [1.82, 2.24) is 9.66 Å². The number of nitrogens with zero attached hydrogens (tertiary/aromatic N) is 3. The highest BCUT2D eigenvalue weighted by Crippen LogP contribution is 2.30. The topological polar surface area (TPSA) is 94.5 Å². The number of nitrogens with two attached hydrogens (primary N) is 1. The number of carbonyl (C=O) groups excluding carboxylic acids is 1. The number of halogens is 1. The summed E-state index contributed by atoms with van der Waals surface area (Å²) in [5, 5.41) is 7.22. The van der Waals surface area contributed by atoms with E-state index < -0.39 is 5.82 Å². The normalized spacial score (nSPS) is 19.1. The fraction of sp³-hybridized carbons (Fsp3) is 0.353. The lowest BCUT2D eigenvalue weighted by atomic mass is 10.1. The summed E-state index contributed by atoms with van der Waals surface area (Å²) in [4.78, 5) is 16.3. The number of fused-ring (bicyclic) bond motifs is 1. The molecule has 1 unspecified atom stereocenters. The van der Waals surface area contributed by atoms with E-state index in [-0.39, 0.29) is 23.4 Å². The summed E-state index contributed by atoms with van der Waals surface area (Å²) >= 11 is 0. The Hall–Kier alpha value is -2.90. The zero-order chi connectivity index (χ0) is 17.6. The second kappa shape index (κ2) is 5.87. The molecular weight excluding hydrogens is 325 g/mol. The third kappa shape index (κ3) is 3.19. The average molecular weight is 343 g/mol. The van der Waals surface area contributed by atoms with Crippen molar-refractivity contribution in [3.8, 4) is 5.75 Å². The monoisotopic (exact) mass is 343 g/mol. The van der Waals surface area contributed by atoms with Crippen LogP contribution < -0.4 is 15.8 Å². The molecule has 1 amide bonds. The quantitative estimate of drug-likeness (QED) is 0.837. The Bertz CT molecular complexity index is 872. The molecule has 8 heteroatoms. The molecule has 4 rings (SSSR count). The fourth-order valence-electron chi connectivity index (χ4n) is 2.65. The van der Waals surface area contributed by atoms with Crippen LogP contribution in [0.1, 0.15) is 25.6 Å². The molecule has 0 radical (unpaired) electrons. The molecule has 25 heavy (non-hydrogen) atoms. The minimum Gasteiger partial charge on any atom is -0.441 e. The van der Waals surface area contributed by atoms with Crippen molar-refractivity contribution in [2.45, 2.75) is 26.2 Å². The summed E-state index contributed by atoms with van der Waals surface area (Å²) in [5.41, 5.74) is 5.54. The highest BCUT2D eigenvalue weighted by atomic mass is 19.1. The third-order valence-electron chi connectivity index (χ3n) is 4.27. The minimum absolute atomic E-state index is 0.00120. The number of imidazole rings is 1. The molecule has 1 fully saturated rings. The van der Waals surface area contributed by atoms with Crippen LogP contribution in [0.3, 0.4) is 0 Å². The average Bonchev–Trinajstić information content (AvgIpc) is 3.34. The Morgan fingerprint density at radius 1 is 1.44 bits per heavy atom. The van der Waals surface area contributed by atoms with E-state index in [4.69, 9.17) is 10.5 Å². The lowest BCUT2D eigenvalue weighted by Gasteiger charge is -2.19. The number of amides is 1. The molecule has 1 aliphatic carbocycles. The van der Waals surface area contributed by atoms with Gasteiger partial charge in [0.15, 0.2) is 5.82 Å². The lowest BCUT2D eigenvalue weighted by Crippen LogP contribution is -2.27. The van der Waals surface area contributed by atoms with Gasteiger partial charge in [-0.2, -0.15) is 0 Å². The Morgan fingerprint density at radius 2 is 2.24 bits per heavy atom. The molecule has 1 aromatic carbocycles. The smallest absolute Gasteiger partial charge is 0.228 e. The first-order valence-electron chi connectivity index (χ1n) is 8.20. The predicted molar refractivity (Wildman–Crippen MR) is 90.7 cm³/mol. The number of benzene rings is 1. The zero-order valence-electron chi connectivity index (χ0n) is 13.7. The highest BCUT2D eigenvalue weighted by molar-refractivity contribution is 5.93. The number of anilines is 2. The molecule has 1 saturated carbocycles. The number of aromatic nitrogens is 2. The van der Waals surface area contributed by atoms with Crippen LogP contribution in [0.5, 0.6) is 5.75 Å². The van der Waals surface area contributed by atoms with Crippen molar-refractivity contribution in [2.24, 2.45) is 16.9 Å². The van der Waals surface area contributed by atoms with Crippen LogP contribution in [0.15, 0.2) is 29.5 Å². The van der Waals surface area contributed by atoms with Crippen LogP contribution in [-0.2, 0) is 11.2 Å². The first-order chi connectivity index (χ1) is 12.0. The summed E-state index contributed by atoms with van der Waals surface area (Å²) in [6.45, 7) is 1.95. The zero-order valence-corrected chi connectivity index (χ0v) is 13.7. The van der Waals surface area contributed by atoms with Crippen molar-refractivity contribution in [3.05, 3.63) is 36.0 Å². The molecular formula is C17H18FN5O2. The van der Waals surface area contributed by atoms with E-state index >= 15 is 0 Å². The second-order valence-electron chi connectivity index (χ2n) is 6.48. The van der Waals surface area contributed by atoms with Crippen molar-refractivity contribution >= 4 is 23.3 Å². The van der Waals surface area contributed by atoms with Gasteiger partial charge in [0.25, 0.3) is 0 Å². The Kier molecular flexibility index (Phi) is 3.67. The van der Waals surface area contributed by atoms with E-state index in [1.165, 1.54) is 12.1 Å². The summed E-state index contributed by atoms with van der Waals surface area (Å²) in [6.07, 6.45) is 4.14. The highest BCUT2D eigenvalue weighted by Gasteiger charge is 2.31. The van der Waals surface area contributed by atoms with Crippen molar-refractivity contribution in [3.63, 3.8) is 0 Å². The summed E-state index contributed by atoms with van der Waals surface area (Å²) in [5.74, 6) is 1.58. The van der Waals surface area contributed by atoms with Crippen LogP contribution in [0.2, 0.25) is 0 Å². The van der Waals surface area contributed by atoms with Gasteiger partial charge in [0.05, 0.1) is 11.9 Å². The van der Waals surface area contributed by atoms with Gasteiger partial charge in [-0.1, -0.05) is 6.92 Å². The van der Waals surface area contributed by atoms with Gasteiger partial charge in [0, 0.05) is 24.3 Å². The Balaban J connectivity index is 1.54. The third-order valence-corrected chi connectivity index (χ3v) is 4.27. The fourth-order valence-corrected chi connectivity index (χ4v) is 2.65. The molecule has 7 nitrogen and oxygen atoms in total. The van der Waals surface area contributed by atoms with Crippen LogP contribution in [0, 0.1) is 17.7 Å². The summed E-state index contributed by atoms with van der Waals surface area (Å²) < 4.78 is 20.9. The van der Waals surface area contributed by atoms with Crippen LogP contribution >= 0.6 is 0 Å². The van der Waals surface area contributed by atoms with Crippen molar-refractivity contribution in [1.29, 1.82) is 0 Å². The second-order valence-corrected chi connectivity index (χ2v) is 6.48. The first-order valence-corrected chi connectivity index (χ1v) is 8.20. The van der Waals surface area contributed by atoms with Crippen molar-refractivity contribution in [2.75, 3.05) is 11.1 Å². The molecule has 1 aliphatic heterocycles. The Morgan fingerprint density at radius 3 is 2.96 bits per heavy atom. The van der Waals surface area contributed by atoms with Gasteiger partial charge in [0.2, 0.25) is 11.8 Å². The van der Waals surface area contributed by atoms with E-state index in [0.717, 1.165) is 18.7 Å². The number of rotatable bonds is 3. The summed E-state index contributed by atoms with van der Waals surface area (Å²) in [6, 6.07) is 4.28. The molecule has 3 N–H and O–H groups in total. The number of ether oxygens (including phenoxy) is 1. The first kappa shape index (κ1) is 15.6. The number of hydrogen-bond acceptors (Lipinski definition) is 5. The maximum atomic E-state index is 13.6. The molecule has 2 heterocycles. The van der Waals surface area contributed by atoms with E-state index in [2.05, 4.69) is 15.4 Å². The molecule has 1 aromatic heterocycles. The largest absolute Gasteiger partial charge is 0.441 e. The molecule has 1 atom stereocenters. The molecule has 2 aromatic rings. The standard InChI is InChI=1S/C17H18FN5O2/c1-9-6-15-20-14(21-16(24)10-2-3-10)8-23(15)22-17(9)25-11-4-5-13(19)12(18)7-11/h4-5,7-10H,2-3,6,19H2,1H3,(H,21,24). The molecule has 130 valence electrons. The number of hydrogen-bond donors (Lipinski definition) is 2. The van der Waals surface area contributed by atoms with Gasteiger partial charge in [-0.3, -0.25) is 4.79 Å². The number of nitrogens with one attached hydrogen (secondary N) is 1. The number of nitrogen functional groups attached to an aromatic ring is 1. The van der Waals surface area contributed by atoms with Crippen molar-refractivity contribution < 1.29 is 13.9 Å². The maximum Gasteiger partial charge on any atom is 0.228 e. The minimum atomic E-state index is -0.532. The van der Waals surface area contributed by atoms with Gasteiger partial charge in [-0.25, -0.2) is 14.1 Å². The van der Waals surface area contributed by atoms with Gasteiger partial charge in [-0.15, -0.1) is 5.10 Å². The van der Waals surface area contributed by atoms with E-state index in [1.807, 2.05) is 6.92 Å². The Labute approximate surface area is 143 Å². The van der Waals surface area contributed by atoms with Crippen LogP contribution in [-0.4, -0.2) is 21.5 Å². The van der Waals surface area contributed by atoms with Gasteiger partial charge in [0.1, 0.15) is 17.4 Å². The van der Waals surface area contributed by atoms with Gasteiger partial charge >= 0.3 is 0 Å². The van der Waals surface area contributed by atoms with Crippen LogP contribution in [0.25, 0.3) is 0 Å². The van der Waals surface area contributed by atoms with Gasteiger partial charge < -0.3 is 15.8 Å². The maximum absolute atomic E-state index is 13.6.